The maximum atomic E-state index is 12.2. The number of carbonyl (C=O) groups excluding carboxylic acids is 1. The molecule has 1 aromatic rings. The molecule has 0 spiro atoms. The van der Waals surface area contributed by atoms with Gasteiger partial charge in [-0.1, -0.05) is 0 Å². The Morgan fingerprint density at radius 2 is 1.70 bits per heavy atom. The van der Waals surface area contributed by atoms with Crippen LogP contribution >= 0.6 is 12.4 Å². The Kier molecular flexibility index (Phi) is 6.82. The number of carbonyl (C=O) groups is 1. The second-order valence-corrected chi connectivity index (χ2v) is 5.05. The van der Waals surface area contributed by atoms with E-state index in [-0.39, 0.29) is 18.3 Å². The van der Waals surface area contributed by atoms with Gasteiger partial charge in [-0.25, -0.2) is 0 Å². The number of rotatable bonds is 5. The van der Waals surface area contributed by atoms with Gasteiger partial charge in [-0.15, -0.1) is 12.4 Å². The Hall–Kier alpha value is -1.46. The SMILES string of the molecule is COc1cc(C(=O)NC(C)(C)CN)cc(OC)c1C.Cl. The molecule has 3 N–H and O–H groups in total. The summed E-state index contributed by atoms with van der Waals surface area (Å²) < 4.78 is 10.5. The van der Waals surface area contributed by atoms with Crippen molar-refractivity contribution in [3.05, 3.63) is 23.3 Å². The highest BCUT2D eigenvalue weighted by atomic mass is 35.5. The highest BCUT2D eigenvalue weighted by Gasteiger charge is 2.21. The summed E-state index contributed by atoms with van der Waals surface area (Å²) >= 11 is 0. The van der Waals surface area contributed by atoms with Gasteiger partial charge in [0, 0.05) is 23.2 Å². The standard InChI is InChI=1S/C14H22N2O3.ClH/c1-9-11(18-4)6-10(7-12(9)19-5)13(17)16-14(2,3)8-15;/h6-7H,8,15H2,1-5H3,(H,16,17);1H. The molecule has 0 unspecified atom stereocenters. The molecule has 20 heavy (non-hydrogen) atoms. The summed E-state index contributed by atoms with van der Waals surface area (Å²) in [7, 11) is 3.13. The van der Waals surface area contributed by atoms with Gasteiger partial charge < -0.3 is 20.5 Å². The van der Waals surface area contributed by atoms with Crippen LogP contribution in [0.5, 0.6) is 11.5 Å². The van der Waals surface area contributed by atoms with Gasteiger partial charge in [0.2, 0.25) is 0 Å². The first kappa shape index (κ1) is 18.5. The van der Waals surface area contributed by atoms with Crippen molar-refractivity contribution in [1.82, 2.24) is 5.32 Å². The van der Waals surface area contributed by atoms with Crippen LogP contribution in [-0.2, 0) is 0 Å². The molecule has 0 bridgehead atoms. The monoisotopic (exact) mass is 302 g/mol. The fourth-order valence-corrected chi connectivity index (χ4v) is 1.65. The second-order valence-electron chi connectivity index (χ2n) is 5.05. The first-order valence-electron chi connectivity index (χ1n) is 6.10. The van der Waals surface area contributed by atoms with Gasteiger partial charge in [-0.3, -0.25) is 4.79 Å². The molecular formula is C14H23ClN2O3. The van der Waals surface area contributed by atoms with E-state index in [9.17, 15) is 4.79 Å². The number of halogens is 1. The van der Waals surface area contributed by atoms with E-state index < -0.39 is 5.54 Å². The predicted octanol–water partition coefficient (Wildman–Crippen LogP) is 1.90. The Bertz CT molecular complexity index is 450. The van der Waals surface area contributed by atoms with E-state index in [1.807, 2.05) is 20.8 Å². The Balaban J connectivity index is 0.00000361. The average Bonchev–Trinajstić information content (AvgIpc) is 2.38. The Morgan fingerprint density at radius 1 is 1.25 bits per heavy atom. The molecule has 0 aliphatic rings. The van der Waals surface area contributed by atoms with Crippen molar-refractivity contribution < 1.29 is 14.3 Å². The van der Waals surface area contributed by atoms with Gasteiger partial charge >= 0.3 is 0 Å². The summed E-state index contributed by atoms with van der Waals surface area (Å²) in [5, 5.41) is 2.87. The van der Waals surface area contributed by atoms with E-state index in [0.717, 1.165) is 5.56 Å². The molecule has 0 aliphatic heterocycles. The molecular weight excluding hydrogens is 280 g/mol. The summed E-state index contributed by atoms with van der Waals surface area (Å²) in [5.74, 6) is 1.04. The zero-order valence-corrected chi connectivity index (χ0v) is 13.4. The molecule has 1 aromatic carbocycles. The topological polar surface area (TPSA) is 73.6 Å². The predicted molar refractivity (Wildman–Crippen MR) is 82.1 cm³/mol. The van der Waals surface area contributed by atoms with Gasteiger partial charge in [-0.2, -0.15) is 0 Å². The normalized spacial score (nSPS) is 10.5. The Labute approximate surface area is 126 Å². The van der Waals surface area contributed by atoms with Crippen LogP contribution in [-0.4, -0.2) is 32.2 Å². The number of hydrogen-bond acceptors (Lipinski definition) is 4. The van der Waals surface area contributed by atoms with Crippen molar-refractivity contribution in [2.75, 3.05) is 20.8 Å². The molecule has 1 rings (SSSR count). The lowest BCUT2D eigenvalue weighted by Crippen LogP contribution is -2.48. The minimum Gasteiger partial charge on any atom is -0.496 e. The van der Waals surface area contributed by atoms with E-state index in [1.165, 1.54) is 0 Å². The van der Waals surface area contributed by atoms with Crippen LogP contribution in [0.2, 0.25) is 0 Å². The van der Waals surface area contributed by atoms with Gasteiger partial charge in [-0.05, 0) is 32.9 Å². The third kappa shape index (κ3) is 4.28. The van der Waals surface area contributed by atoms with Crippen molar-refractivity contribution in [3.8, 4) is 11.5 Å². The lowest BCUT2D eigenvalue weighted by molar-refractivity contribution is 0.0915. The largest absolute Gasteiger partial charge is 0.496 e. The summed E-state index contributed by atoms with van der Waals surface area (Å²) in [6, 6.07) is 3.39. The fraction of sp³-hybridized carbons (Fsp3) is 0.500. The molecule has 114 valence electrons. The number of ether oxygens (including phenoxy) is 2. The molecule has 5 nitrogen and oxygen atoms in total. The van der Waals surface area contributed by atoms with E-state index >= 15 is 0 Å². The van der Waals surface area contributed by atoms with Crippen molar-refractivity contribution in [3.63, 3.8) is 0 Å². The van der Waals surface area contributed by atoms with Crippen LogP contribution in [0.1, 0.15) is 29.8 Å². The molecule has 0 atom stereocenters. The van der Waals surface area contributed by atoms with Crippen LogP contribution in [0.25, 0.3) is 0 Å². The maximum absolute atomic E-state index is 12.2. The highest BCUT2D eigenvalue weighted by Crippen LogP contribution is 2.29. The van der Waals surface area contributed by atoms with Crippen molar-refractivity contribution in [1.29, 1.82) is 0 Å². The molecule has 0 heterocycles. The van der Waals surface area contributed by atoms with E-state index in [4.69, 9.17) is 15.2 Å². The van der Waals surface area contributed by atoms with E-state index in [0.29, 0.717) is 23.6 Å². The minimum absolute atomic E-state index is 0. The van der Waals surface area contributed by atoms with Crippen LogP contribution < -0.4 is 20.5 Å². The highest BCUT2D eigenvalue weighted by molar-refractivity contribution is 5.95. The zero-order chi connectivity index (χ0) is 14.6. The van der Waals surface area contributed by atoms with Crippen molar-refractivity contribution in [2.24, 2.45) is 5.73 Å². The number of nitrogens with one attached hydrogen (secondary N) is 1. The molecule has 0 radical (unpaired) electrons. The second kappa shape index (κ2) is 7.36. The summed E-state index contributed by atoms with van der Waals surface area (Å²) in [6.07, 6.45) is 0. The molecule has 0 saturated heterocycles. The summed E-state index contributed by atoms with van der Waals surface area (Å²) in [6.45, 7) is 5.98. The molecule has 1 amide bonds. The van der Waals surface area contributed by atoms with Gasteiger partial charge in [0.25, 0.3) is 5.91 Å². The van der Waals surface area contributed by atoms with Gasteiger partial charge in [0.05, 0.1) is 14.2 Å². The van der Waals surface area contributed by atoms with Crippen molar-refractivity contribution >= 4 is 18.3 Å². The van der Waals surface area contributed by atoms with Gasteiger partial charge in [0.15, 0.2) is 0 Å². The smallest absolute Gasteiger partial charge is 0.252 e. The van der Waals surface area contributed by atoms with Crippen LogP contribution in [0.4, 0.5) is 0 Å². The first-order valence-corrected chi connectivity index (χ1v) is 6.10. The Morgan fingerprint density at radius 3 is 2.05 bits per heavy atom. The van der Waals surface area contributed by atoms with Crippen LogP contribution in [0.15, 0.2) is 12.1 Å². The lowest BCUT2D eigenvalue weighted by atomic mass is 10.0. The van der Waals surface area contributed by atoms with Gasteiger partial charge in [0.1, 0.15) is 11.5 Å². The lowest BCUT2D eigenvalue weighted by Gasteiger charge is -2.24. The van der Waals surface area contributed by atoms with Crippen LogP contribution in [0.3, 0.4) is 0 Å². The first-order chi connectivity index (χ1) is 8.84. The number of nitrogens with two attached hydrogens (primary N) is 1. The molecule has 0 aliphatic carbocycles. The summed E-state index contributed by atoms with van der Waals surface area (Å²) in [4.78, 5) is 12.2. The maximum Gasteiger partial charge on any atom is 0.252 e. The molecule has 0 saturated carbocycles. The van der Waals surface area contributed by atoms with E-state index in [1.54, 1.807) is 26.4 Å². The number of methoxy groups -OCH3 is 2. The molecule has 6 heteroatoms. The zero-order valence-electron chi connectivity index (χ0n) is 12.6. The number of benzene rings is 1. The minimum atomic E-state index is -0.456. The fourth-order valence-electron chi connectivity index (χ4n) is 1.65. The quantitative estimate of drug-likeness (QED) is 0.871. The molecule has 0 fully saturated rings. The molecule has 0 aromatic heterocycles. The van der Waals surface area contributed by atoms with Crippen LogP contribution in [0, 0.1) is 6.92 Å². The third-order valence-corrected chi connectivity index (χ3v) is 2.98. The van der Waals surface area contributed by atoms with Crippen molar-refractivity contribution in [2.45, 2.75) is 26.3 Å². The number of amides is 1. The number of hydrogen-bond donors (Lipinski definition) is 2. The third-order valence-electron chi connectivity index (χ3n) is 2.98. The summed E-state index contributed by atoms with van der Waals surface area (Å²) in [5.41, 5.74) is 6.50. The van der Waals surface area contributed by atoms with E-state index in [2.05, 4.69) is 5.32 Å². The average molecular weight is 303 g/mol.